The van der Waals surface area contributed by atoms with Crippen LogP contribution in [0.3, 0.4) is 0 Å². The molecule has 134 valence electrons. The van der Waals surface area contributed by atoms with E-state index in [0.29, 0.717) is 23.7 Å². The van der Waals surface area contributed by atoms with E-state index in [1.54, 1.807) is 41.6 Å². The van der Waals surface area contributed by atoms with Crippen LogP contribution in [-0.4, -0.2) is 55.5 Å². The molecule has 0 radical (unpaired) electrons. The average Bonchev–Trinajstić information content (AvgIpc) is 3.12. The van der Waals surface area contributed by atoms with Crippen molar-refractivity contribution in [2.24, 2.45) is 5.92 Å². The molecule has 0 bridgehead atoms. The molecule has 0 unspecified atom stereocenters. The van der Waals surface area contributed by atoms with Crippen LogP contribution in [0.5, 0.6) is 0 Å². The smallest absolute Gasteiger partial charge is 0.259 e. The minimum atomic E-state index is -0.00335. The molecule has 4 rings (SSSR count). The van der Waals surface area contributed by atoms with Crippen LogP contribution in [0.4, 0.5) is 5.82 Å². The van der Waals surface area contributed by atoms with Crippen LogP contribution in [0.2, 0.25) is 0 Å². The van der Waals surface area contributed by atoms with Crippen LogP contribution in [0.15, 0.2) is 37.1 Å². The molecule has 1 saturated heterocycles. The molecule has 0 spiro atoms. The van der Waals surface area contributed by atoms with Crippen LogP contribution >= 0.6 is 0 Å². The molecule has 1 aliphatic heterocycles. The van der Waals surface area contributed by atoms with Crippen LogP contribution in [0.1, 0.15) is 28.9 Å². The Morgan fingerprint density at radius 3 is 3.04 bits per heavy atom. The van der Waals surface area contributed by atoms with E-state index in [9.17, 15) is 4.79 Å². The van der Waals surface area contributed by atoms with Gasteiger partial charge in [-0.3, -0.25) is 9.78 Å². The average molecular weight is 351 g/mol. The van der Waals surface area contributed by atoms with E-state index in [2.05, 4.69) is 25.4 Å². The molecule has 1 aliphatic rings. The summed E-state index contributed by atoms with van der Waals surface area (Å²) in [6, 6.07) is 1.80. The lowest BCUT2D eigenvalue weighted by molar-refractivity contribution is 0.0674. The molecule has 0 aliphatic carbocycles. The van der Waals surface area contributed by atoms with E-state index >= 15 is 0 Å². The van der Waals surface area contributed by atoms with Gasteiger partial charge in [0, 0.05) is 44.9 Å². The van der Waals surface area contributed by atoms with Gasteiger partial charge in [-0.15, -0.1) is 0 Å². The third-order valence-electron chi connectivity index (χ3n) is 4.81. The molecular formula is C18H21N7O. The Bertz CT molecular complexity index is 923. The number of anilines is 1. The van der Waals surface area contributed by atoms with Crippen molar-refractivity contribution in [2.75, 3.05) is 25.5 Å². The topological polar surface area (TPSA) is 88.3 Å². The molecule has 3 aromatic rings. The Labute approximate surface area is 151 Å². The fourth-order valence-electron chi connectivity index (χ4n) is 3.56. The minimum Gasteiger partial charge on any atom is -0.372 e. The van der Waals surface area contributed by atoms with E-state index in [-0.39, 0.29) is 5.91 Å². The number of carbonyl (C=O) groups is 1. The first-order valence-corrected chi connectivity index (χ1v) is 8.81. The molecular weight excluding hydrogens is 330 g/mol. The fourth-order valence-corrected chi connectivity index (χ4v) is 3.56. The summed E-state index contributed by atoms with van der Waals surface area (Å²) < 4.78 is 1.63. The van der Waals surface area contributed by atoms with Gasteiger partial charge in [-0.05, 0) is 31.2 Å². The Balaban J connectivity index is 1.50. The molecule has 0 aromatic carbocycles. The highest BCUT2D eigenvalue weighted by Gasteiger charge is 2.27. The summed E-state index contributed by atoms with van der Waals surface area (Å²) in [6.45, 7) is 1.47. The van der Waals surface area contributed by atoms with Crippen LogP contribution < -0.4 is 5.32 Å². The van der Waals surface area contributed by atoms with Crippen LogP contribution in [-0.2, 0) is 6.42 Å². The predicted octanol–water partition coefficient (Wildman–Crippen LogP) is 1.66. The molecule has 4 heterocycles. The zero-order chi connectivity index (χ0) is 17.9. The largest absolute Gasteiger partial charge is 0.372 e. The Morgan fingerprint density at radius 1 is 1.27 bits per heavy atom. The normalized spacial score (nSPS) is 17.4. The first-order valence-electron chi connectivity index (χ1n) is 8.81. The second kappa shape index (κ2) is 7.07. The van der Waals surface area contributed by atoms with Crippen molar-refractivity contribution >= 4 is 17.4 Å². The number of rotatable bonds is 4. The second-order valence-electron chi connectivity index (χ2n) is 6.51. The molecule has 1 N–H and O–H groups in total. The predicted molar refractivity (Wildman–Crippen MR) is 96.9 cm³/mol. The van der Waals surface area contributed by atoms with Gasteiger partial charge in [0.1, 0.15) is 11.4 Å². The summed E-state index contributed by atoms with van der Waals surface area (Å²) in [5.74, 6) is 1.17. The fraction of sp³-hybridized carbons (Fsp3) is 0.389. The van der Waals surface area contributed by atoms with Crippen molar-refractivity contribution in [1.82, 2.24) is 29.5 Å². The van der Waals surface area contributed by atoms with Gasteiger partial charge in [0.15, 0.2) is 5.65 Å². The maximum atomic E-state index is 13.0. The highest BCUT2D eigenvalue weighted by Crippen LogP contribution is 2.24. The Kier molecular flexibility index (Phi) is 4.47. The van der Waals surface area contributed by atoms with Gasteiger partial charge in [-0.1, -0.05) is 0 Å². The summed E-state index contributed by atoms with van der Waals surface area (Å²) in [4.78, 5) is 28.0. The number of amides is 1. The van der Waals surface area contributed by atoms with E-state index in [1.807, 2.05) is 11.9 Å². The molecule has 1 atom stereocenters. The zero-order valence-corrected chi connectivity index (χ0v) is 14.7. The third kappa shape index (κ3) is 3.10. The van der Waals surface area contributed by atoms with E-state index in [1.165, 1.54) is 0 Å². The summed E-state index contributed by atoms with van der Waals surface area (Å²) in [5.41, 5.74) is 2.11. The van der Waals surface area contributed by atoms with E-state index in [4.69, 9.17) is 0 Å². The van der Waals surface area contributed by atoms with Gasteiger partial charge in [-0.2, -0.15) is 5.10 Å². The lowest BCUT2D eigenvalue weighted by atomic mass is 9.93. The zero-order valence-electron chi connectivity index (χ0n) is 14.7. The summed E-state index contributed by atoms with van der Waals surface area (Å²) >= 11 is 0. The number of hydrogen-bond acceptors (Lipinski definition) is 6. The first kappa shape index (κ1) is 16.4. The highest BCUT2D eigenvalue weighted by molar-refractivity contribution is 5.99. The van der Waals surface area contributed by atoms with E-state index < -0.39 is 0 Å². The lowest BCUT2D eigenvalue weighted by Gasteiger charge is -2.32. The van der Waals surface area contributed by atoms with Crippen molar-refractivity contribution in [1.29, 1.82) is 0 Å². The maximum absolute atomic E-state index is 13.0. The minimum absolute atomic E-state index is 0.00335. The van der Waals surface area contributed by atoms with Gasteiger partial charge in [0.05, 0.1) is 11.9 Å². The van der Waals surface area contributed by atoms with Crippen molar-refractivity contribution in [2.45, 2.75) is 19.3 Å². The van der Waals surface area contributed by atoms with E-state index in [0.717, 1.165) is 37.3 Å². The number of hydrogen-bond donors (Lipinski definition) is 1. The number of carbonyl (C=O) groups excluding carboxylic acids is 1. The van der Waals surface area contributed by atoms with Crippen molar-refractivity contribution in [3.8, 4) is 0 Å². The second-order valence-corrected chi connectivity index (χ2v) is 6.51. The van der Waals surface area contributed by atoms with Gasteiger partial charge in [0.2, 0.25) is 0 Å². The molecule has 3 aromatic heterocycles. The van der Waals surface area contributed by atoms with Crippen molar-refractivity contribution in [3.63, 3.8) is 0 Å². The van der Waals surface area contributed by atoms with Crippen molar-refractivity contribution in [3.05, 3.63) is 48.3 Å². The Morgan fingerprint density at radius 2 is 2.15 bits per heavy atom. The van der Waals surface area contributed by atoms with Crippen LogP contribution in [0, 0.1) is 5.92 Å². The molecule has 8 nitrogen and oxygen atoms in total. The number of nitrogens with zero attached hydrogens (tertiary/aromatic N) is 6. The molecule has 8 heteroatoms. The van der Waals surface area contributed by atoms with Crippen LogP contribution in [0.25, 0.3) is 5.65 Å². The highest BCUT2D eigenvalue weighted by atomic mass is 16.2. The quantitative estimate of drug-likeness (QED) is 0.769. The SMILES string of the molecule is CNc1nccnc1C[C@@H]1CCCN(C(=O)c2cnn3cccnc23)C1. The number of likely N-dealkylation sites (tertiary alicyclic amines) is 1. The standard InChI is InChI=1S/C18H21N7O/c1-19-16-15(20-6-7-21-16)10-13-4-2-8-24(12-13)18(26)14-11-23-25-9-3-5-22-17(14)25/h3,5-7,9,11,13H,2,4,8,10,12H2,1H3,(H,19,21)/t13-/m0/s1. The monoisotopic (exact) mass is 351 g/mol. The van der Waals surface area contributed by atoms with Gasteiger partial charge >= 0.3 is 0 Å². The van der Waals surface area contributed by atoms with Gasteiger partial charge in [0.25, 0.3) is 5.91 Å². The van der Waals surface area contributed by atoms with Gasteiger partial charge in [-0.25, -0.2) is 14.5 Å². The Hall–Kier alpha value is -3.03. The number of aromatic nitrogens is 5. The molecule has 26 heavy (non-hydrogen) atoms. The number of piperidine rings is 1. The number of fused-ring (bicyclic) bond motifs is 1. The summed E-state index contributed by atoms with van der Waals surface area (Å²) in [7, 11) is 1.85. The summed E-state index contributed by atoms with van der Waals surface area (Å²) in [5, 5.41) is 7.31. The number of nitrogens with one attached hydrogen (secondary N) is 1. The third-order valence-corrected chi connectivity index (χ3v) is 4.81. The van der Waals surface area contributed by atoms with Gasteiger partial charge < -0.3 is 10.2 Å². The molecule has 1 amide bonds. The molecule has 0 saturated carbocycles. The first-order chi connectivity index (χ1) is 12.8. The lowest BCUT2D eigenvalue weighted by Crippen LogP contribution is -2.40. The van der Waals surface area contributed by atoms with Crippen molar-refractivity contribution < 1.29 is 4.79 Å². The summed E-state index contributed by atoms with van der Waals surface area (Å²) in [6.07, 6.45) is 11.4. The maximum Gasteiger partial charge on any atom is 0.259 e. The molecule has 1 fully saturated rings.